The number of ether oxygens (including phenoxy) is 1. The summed E-state index contributed by atoms with van der Waals surface area (Å²) < 4.78 is 7.04. The summed E-state index contributed by atoms with van der Waals surface area (Å²) in [6, 6.07) is 6.13. The molecule has 1 aliphatic heterocycles. The van der Waals surface area contributed by atoms with Crippen molar-refractivity contribution in [3.8, 4) is 5.75 Å². The molecule has 1 aliphatic rings. The predicted molar refractivity (Wildman–Crippen MR) is 57.2 cm³/mol. The SMILES string of the molecule is CC1(C)CCc2c(Br)cccc2O1. The van der Waals surface area contributed by atoms with Crippen LogP contribution in [0.5, 0.6) is 5.75 Å². The highest BCUT2D eigenvalue weighted by atomic mass is 79.9. The molecule has 2 heteroatoms. The molecule has 1 nitrogen and oxygen atoms in total. The van der Waals surface area contributed by atoms with E-state index in [1.54, 1.807) is 0 Å². The Bertz CT molecular complexity index is 331. The molecule has 0 fully saturated rings. The summed E-state index contributed by atoms with van der Waals surface area (Å²) >= 11 is 3.54. The second-order valence-corrected chi connectivity index (χ2v) is 4.93. The van der Waals surface area contributed by atoms with Crippen LogP contribution in [0.2, 0.25) is 0 Å². The zero-order chi connectivity index (χ0) is 9.47. The Morgan fingerprint density at radius 1 is 1.38 bits per heavy atom. The van der Waals surface area contributed by atoms with Crippen LogP contribution in [0.4, 0.5) is 0 Å². The van der Waals surface area contributed by atoms with Gasteiger partial charge in [0.2, 0.25) is 0 Å². The maximum absolute atomic E-state index is 5.87. The van der Waals surface area contributed by atoms with E-state index in [2.05, 4.69) is 35.8 Å². The maximum atomic E-state index is 5.87. The van der Waals surface area contributed by atoms with E-state index in [9.17, 15) is 0 Å². The standard InChI is InChI=1S/C11H13BrO/c1-11(2)7-6-8-9(12)4-3-5-10(8)13-11/h3-5H,6-7H2,1-2H3. The van der Waals surface area contributed by atoms with E-state index in [-0.39, 0.29) is 5.60 Å². The fourth-order valence-corrected chi connectivity index (χ4v) is 2.20. The summed E-state index contributed by atoms with van der Waals surface area (Å²) in [7, 11) is 0. The Hall–Kier alpha value is -0.500. The van der Waals surface area contributed by atoms with Crippen LogP contribution in [0.1, 0.15) is 25.8 Å². The quantitative estimate of drug-likeness (QED) is 0.674. The molecular formula is C11H13BrO. The molecule has 0 saturated carbocycles. The number of rotatable bonds is 0. The number of benzene rings is 1. The lowest BCUT2D eigenvalue weighted by Crippen LogP contribution is -2.32. The molecule has 0 atom stereocenters. The van der Waals surface area contributed by atoms with Gasteiger partial charge in [-0.15, -0.1) is 0 Å². The molecule has 0 saturated heterocycles. The van der Waals surface area contributed by atoms with Crippen molar-refractivity contribution in [1.29, 1.82) is 0 Å². The Kier molecular flexibility index (Phi) is 2.11. The summed E-state index contributed by atoms with van der Waals surface area (Å²) in [6.45, 7) is 4.27. The smallest absolute Gasteiger partial charge is 0.124 e. The third kappa shape index (κ3) is 1.73. The van der Waals surface area contributed by atoms with Crippen molar-refractivity contribution in [3.05, 3.63) is 28.2 Å². The van der Waals surface area contributed by atoms with Crippen LogP contribution in [-0.4, -0.2) is 5.60 Å². The summed E-state index contributed by atoms with van der Waals surface area (Å²) in [5, 5.41) is 0. The molecule has 0 N–H and O–H groups in total. The summed E-state index contributed by atoms with van der Waals surface area (Å²) in [6.07, 6.45) is 2.19. The molecule has 1 aromatic carbocycles. The molecule has 0 amide bonds. The molecule has 1 aromatic rings. The number of hydrogen-bond acceptors (Lipinski definition) is 1. The van der Waals surface area contributed by atoms with Crippen LogP contribution in [-0.2, 0) is 6.42 Å². The fourth-order valence-electron chi connectivity index (χ4n) is 1.65. The second kappa shape index (κ2) is 3.02. The van der Waals surface area contributed by atoms with Gasteiger partial charge in [0.25, 0.3) is 0 Å². The molecule has 0 bridgehead atoms. The van der Waals surface area contributed by atoms with Gasteiger partial charge in [0.15, 0.2) is 0 Å². The first-order valence-corrected chi connectivity index (χ1v) is 5.34. The van der Waals surface area contributed by atoms with Gasteiger partial charge in [-0.1, -0.05) is 22.0 Å². The van der Waals surface area contributed by atoms with E-state index >= 15 is 0 Å². The van der Waals surface area contributed by atoms with Gasteiger partial charge in [0, 0.05) is 10.0 Å². The van der Waals surface area contributed by atoms with Crippen LogP contribution in [0.3, 0.4) is 0 Å². The Morgan fingerprint density at radius 2 is 2.15 bits per heavy atom. The molecule has 0 unspecified atom stereocenters. The first kappa shape index (κ1) is 9.07. The van der Waals surface area contributed by atoms with E-state index in [0.717, 1.165) is 18.6 Å². The Labute approximate surface area is 87.2 Å². The van der Waals surface area contributed by atoms with Gasteiger partial charge in [0.05, 0.1) is 0 Å². The van der Waals surface area contributed by atoms with Crippen LogP contribution in [0.15, 0.2) is 22.7 Å². The molecule has 1 heterocycles. The normalized spacial score (nSPS) is 19.0. The maximum Gasteiger partial charge on any atom is 0.124 e. The zero-order valence-electron chi connectivity index (χ0n) is 7.93. The third-order valence-electron chi connectivity index (χ3n) is 2.44. The van der Waals surface area contributed by atoms with E-state index in [4.69, 9.17) is 4.74 Å². The molecule has 0 aromatic heterocycles. The largest absolute Gasteiger partial charge is 0.488 e. The van der Waals surface area contributed by atoms with Crippen molar-refractivity contribution >= 4 is 15.9 Å². The van der Waals surface area contributed by atoms with E-state index in [0.29, 0.717) is 0 Å². The van der Waals surface area contributed by atoms with Crippen molar-refractivity contribution in [2.75, 3.05) is 0 Å². The Balaban J connectivity index is 2.42. The van der Waals surface area contributed by atoms with Crippen molar-refractivity contribution in [1.82, 2.24) is 0 Å². The van der Waals surface area contributed by atoms with E-state index in [1.807, 2.05) is 12.1 Å². The average molecular weight is 241 g/mol. The van der Waals surface area contributed by atoms with Crippen LogP contribution in [0, 0.1) is 0 Å². The van der Waals surface area contributed by atoms with E-state index < -0.39 is 0 Å². The minimum atomic E-state index is -0.00616. The topological polar surface area (TPSA) is 9.23 Å². The van der Waals surface area contributed by atoms with Gasteiger partial charge in [-0.25, -0.2) is 0 Å². The highest BCUT2D eigenvalue weighted by molar-refractivity contribution is 9.10. The van der Waals surface area contributed by atoms with Gasteiger partial charge >= 0.3 is 0 Å². The van der Waals surface area contributed by atoms with Crippen molar-refractivity contribution in [2.45, 2.75) is 32.3 Å². The van der Waals surface area contributed by atoms with Gasteiger partial charge in [-0.3, -0.25) is 0 Å². The van der Waals surface area contributed by atoms with Gasteiger partial charge in [-0.2, -0.15) is 0 Å². The lowest BCUT2D eigenvalue weighted by atomic mass is 9.94. The molecular weight excluding hydrogens is 228 g/mol. The van der Waals surface area contributed by atoms with Crippen LogP contribution in [0.25, 0.3) is 0 Å². The number of fused-ring (bicyclic) bond motifs is 1. The highest BCUT2D eigenvalue weighted by Crippen LogP contribution is 2.36. The molecule has 70 valence electrons. The van der Waals surface area contributed by atoms with Gasteiger partial charge in [-0.05, 0) is 38.8 Å². The predicted octanol–water partition coefficient (Wildman–Crippen LogP) is 3.55. The molecule has 0 aliphatic carbocycles. The third-order valence-corrected chi connectivity index (χ3v) is 3.18. The number of halogens is 1. The first-order valence-electron chi connectivity index (χ1n) is 4.55. The van der Waals surface area contributed by atoms with E-state index in [1.165, 1.54) is 10.0 Å². The Morgan fingerprint density at radius 3 is 2.92 bits per heavy atom. The van der Waals surface area contributed by atoms with Crippen LogP contribution >= 0.6 is 15.9 Å². The summed E-state index contributed by atoms with van der Waals surface area (Å²) in [5.41, 5.74) is 1.30. The minimum absolute atomic E-state index is 0.00616. The monoisotopic (exact) mass is 240 g/mol. The molecule has 0 spiro atoms. The molecule has 13 heavy (non-hydrogen) atoms. The van der Waals surface area contributed by atoms with Crippen LogP contribution < -0.4 is 4.74 Å². The van der Waals surface area contributed by atoms with Crippen molar-refractivity contribution in [3.63, 3.8) is 0 Å². The zero-order valence-corrected chi connectivity index (χ0v) is 9.52. The first-order chi connectivity index (χ1) is 6.08. The average Bonchev–Trinajstić information content (AvgIpc) is 2.02. The van der Waals surface area contributed by atoms with Gasteiger partial charge in [0.1, 0.15) is 11.4 Å². The minimum Gasteiger partial charge on any atom is -0.488 e. The fraction of sp³-hybridized carbons (Fsp3) is 0.455. The molecule has 2 rings (SSSR count). The van der Waals surface area contributed by atoms with Gasteiger partial charge < -0.3 is 4.74 Å². The van der Waals surface area contributed by atoms with Crippen molar-refractivity contribution in [2.24, 2.45) is 0 Å². The lowest BCUT2D eigenvalue weighted by molar-refractivity contribution is 0.0844. The summed E-state index contributed by atoms with van der Waals surface area (Å²) in [4.78, 5) is 0. The lowest BCUT2D eigenvalue weighted by Gasteiger charge is -2.32. The highest BCUT2D eigenvalue weighted by Gasteiger charge is 2.27. The second-order valence-electron chi connectivity index (χ2n) is 4.08. The molecule has 0 radical (unpaired) electrons. The summed E-state index contributed by atoms with van der Waals surface area (Å²) in [5.74, 6) is 1.03. The van der Waals surface area contributed by atoms with Crippen molar-refractivity contribution < 1.29 is 4.74 Å². The number of hydrogen-bond donors (Lipinski definition) is 0.